The molecule has 0 spiro atoms. The Morgan fingerprint density at radius 3 is 2.71 bits per heavy atom. The van der Waals surface area contributed by atoms with Crippen LogP contribution in [0.25, 0.3) is 0 Å². The van der Waals surface area contributed by atoms with E-state index in [2.05, 4.69) is 17.6 Å². The molecule has 1 saturated heterocycles. The third-order valence-corrected chi connectivity index (χ3v) is 4.50. The highest BCUT2D eigenvalue weighted by Gasteiger charge is 2.32. The van der Waals surface area contributed by atoms with E-state index in [1.807, 2.05) is 0 Å². The Bertz CT molecular complexity index is 216. The van der Waals surface area contributed by atoms with Crippen LogP contribution < -0.4 is 10.6 Å². The van der Waals surface area contributed by atoms with Gasteiger partial charge in [-0.2, -0.15) is 0 Å². The molecule has 0 aromatic rings. The van der Waals surface area contributed by atoms with Crippen LogP contribution in [0.3, 0.4) is 0 Å². The molecule has 2 fully saturated rings. The maximum atomic E-state index is 10.5. The Balaban J connectivity index is 1.72. The molecule has 1 aliphatic carbocycles. The van der Waals surface area contributed by atoms with Gasteiger partial charge in [0.25, 0.3) is 0 Å². The van der Waals surface area contributed by atoms with Gasteiger partial charge in [-0.15, -0.1) is 0 Å². The summed E-state index contributed by atoms with van der Waals surface area (Å²) in [6, 6.07) is 0.605. The molecule has 1 aliphatic heterocycles. The number of aliphatic hydroxyl groups is 1. The molecular weight excluding hydrogens is 212 g/mol. The third-order valence-electron chi connectivity index (χ3n) is 4.50. The van der Waals surface area contributed by atoms with Crippen LogP contribution in [0.15, 0.2) is 0 Å². The maximum absolute atomic E-state index is 10.5. The monoisotopic (exact) mass is 240 g/mol. The summed E-state index contributed by atoms with van der Waals surface area (Å²) < 4.78 is 0. The summed E-state index contributed by atoms with van der Waals surface area (Å²) in [6.45, 7) is 5.36. The van der Waals surface area contributed by atoms with Gasteiger partial charge in [0, 0.05) is 12.6 Å². The van der Waals surface area contributed by atoms with E-state index in [1.54, 1.807) is 0 Å². The van der Waals surface area contributed by atoms with E-state index in [-0.39, 0.29) is 0 Å². The first-order chi connectivity index (χ1) is 8.18. The first-order valence-electron chi connectivity index (χ1n) is 7.34. The van der Waals surface area contributed by atoms with Crippen molar-refractivity contribution >= 4 is 0 Å². The zero-order chi connectivity index (χ0) is 12.1. The molecule has 2 rings (SSSR count). The molecule has 1 unspecified atom stereocenters. The van der Waals surface area contributed by atoms with E-state index >= 15 is 0 Å². The van der Waals surface area contributed by atoms with Crippen molar-refractivity contribution in [3.05, 3.63) is 0 Å². The summed E-state index contributed by atoms with van der Waals surface area (Å²) in [4.78, 5) is 0. The van der Waals surface area contributed by atoms with Crippen LogP contribution in [0.5, 0.6) is 0 Å². The fraction of sp³-hybridized carbons (Fsp3) is 1.00. The van der Waals surface area contributed by atoms with Crippen molar-refractivity contribution in [2.75, 3.05) is 19.6 Å². The fourth-order valence-electron chi connectivity index (χ4n) is 3.03. The second-order valence-corrected chi connectivity index (χ2v) is 6.17. The van der Waals surface area contributed by atoms with Crippen molar-refractivity contribution in [2.24, 2.45) is 5.92 Å². The molecule has 3 nitrogen and oxygen atoms in total. The highest BCUT2D eigenvalue weighted by molar-refractivity contribution is 4.88. The second kappa shape index (κ2) is 6.17. The molecule has 1 saturated carbocycles. The molecular formula is C14H28N2O. The van der Waals surface area contributed by atoms with E-state index in [0.717, 1.165) is 38.4 Å². The van der Waals surface area contributed by atoms with E-state index in [9.17, 15) is 5.11 Å². The Morgan fingerprint density at radius 1 is 1.18 bits per heavy atom. The summed E-state index contributed by atoms with van der Waals surface area (Å²) in [5.74, 6) is 0.803. The molecule has 17 heavy (non-hydrogen) atoms. The standard InChI is InChI=1S/C14H28N2O/c1-12-4-7-14(17,8-5-12)11-16-13-3-2-9-15-10-6-13/h12-13,15-17H,2-11H2,1H3. The van der Waals surface area contributed by atoms with Crippen LogP contribution in [0.2, 0.25) is 0 Å². The molecule has 100 valence electrons. The van der Waals surface area contributed by atoms with Crippen molar-refractivity contribution < 1.29 is 5.11 Å². The van der Waals surface area contributed by atoms with E-state index < -0.39 is 5.60 Å². The molecule has 3 N–H and O–H groups in total. The molecule has 0 radical (unpaired) electrons. The van der Waals surface area contributed by atoms with Crippen LogP contribution in [0.1, 0.15) is 51.9 Å². The largest absolute Gasteiger partial charge is 0.389 e. The Labute approximate surface area is 105 Å². The van der Waals surface area contributed by atoms with Gasteiger partial charge in [0.05, 0.1) is 5.60 Å². The van der Waals surface area contributed by atoms with E-state index in [4.69, 9.17) is 0 Å². The van der Waals surface area contributed by atoms with Crippen LogP contribution in [0.4, 0.5) is 0 Å². The molecule has 0 aromatic carbocycles. The Hall–Kier alpha value is -0.120. The maximum Gasteiger partial charge on any atom is 0.0771 e. The minimum atomic E-state index is -0.424. The van der Waals surface area contributed by atoms with E-state index in [0.29, 0.717) is 6.04 Å². The molecule has 0 bridgehead atoms. The smallest absolute Gasteiger partial charge is 0.0771 e. The van der Waals surface area contributed by atoms with Crippen LogP contribution in [-0.2, 0) is 0 Å². The Morgan fingerprint density at radius 2 is 1.94 bits per heavy atom. The van der Waals surface area contributed by atoms with Crippen molar-refractivity contribution in [3.8, 4) is 0 Å². The van der Waals surface area contributed by atoms with Gasteiger partial charge >= 0.3 is 0 Å². The number of hydrogen-bond donors (Lipinski definition) is 3. The van der Waals surface area contributed by atoms with Gasteiger partial charge in [0.15, 0.2) is 0 Å². The number of nitrogens with one attached hydrogen (secondary N) is 2. The first-order valence-corrected chi connectivity index (χ1v) is 7.34. The first kappa shape index (κ1) is 13.3. The second-order valence-electron chi connectivity index (χ2n) is 6.17. The third kappa shape index (κ3) is 4.23. The zero-order valence-corrected chi connectivity index (χ0v) is 11.2. The van der Waals surface area contributed by atoms with Crippen molar-refractivity contribution in [1.82, 2.24) is 10.6 Å². The van der Waals surface area contributed by atoms with E-state index in [1.165, 1.54) is 32.1 Å². The van der Waals surface area contributed by atoms with Gasteiger partial charge < -0.3 is 15.7 Å². The highest BCUT2D eigenvalue weighted by Crippen LogP contribution is 2.31. The summed E-state index contributed by atoms with van der Waals surface area (Å²) in [7, 11) is 0. The average molecular weight is 240 g/mol. The van der Waals surface area contributed by atoms with Crippen molar-refractivity contribution in [3.63, 3.8) is 0 Å². The van der Waals surface area contributed by atoms with Gasteiger partial charge in [-0.3, -0.25) is 0 Å². The SMILES string of the molecule is CC1CCC(O)(CNC2CCCNCC2)CC1. The lowest BCUT2D eigenvalue weighted by Crippen LogP contribution is -2.46. The quantitative estimate of drug-likeness (QED) is 0.703. The predicted molar refractivity (Wildman–Crippen MR) is 71.1 cm³/mol. The molecule has 0 aromatic heterocycles. The lowest BCUT2D eigenvalue weighted by molar-refractivity contribution is -0.00842. The van der Waals surface area contributed by atoms with Crippen LogP contribution in [0, 0.1) is 5.92 Å². The lowest BCUT2D eigenvalue weighted by atomic mass is 9.79. The predicted octanol–water partition coefficient (Wildman–Crippen LogP) is 1.66. The van der Waals surface area contributed by atoms with Crippen LogP contribution in [-0.4, -0.2) is 36.4 Å². The minimum absolute atomic E-state index is 0.424. The highest BCUT2D eigenvalue weighted by atomic mass is 16.3. The van der Waals surface area contributed by atoms with Crippen molar-refractivity contribution in [2.45, 2.75) is 63.5 Å². The van der Waals surface area contributed by atoms with Gasteiger partial charge in [0.2, 0.25) is 0 Å². The summed E-state index contributed by atoms with van der Waals surface area (Å²) >= 11 is 0. The molecule has 2 aliphatic rings. The normalized spacial score (nSPS) is 39.9. The molecule has 0 amide bonds. The van der Waals surface area contributed by atoms with Crippen molar-refractivity contribution in [1.29, 1.82) is 0 Å². The molecule has 1 atom stereocenters. The summed E-state index contributed by atoms with van der Waals surface area (Å²) in [6.07, 6.45) is 8.03. The van der Waals surface area contributed by atoms with Gasteiger partial charge in [-0.1, -0.05) is 6.92 Å². The molecule has 3 heteroatoms. The molecule has 1 heterocycles. The lowest BCUT2D eigenvalue weighted by Gasteiger charge is -2.36. The van der Waals surface area contributed by atoms with Crippen LogP contribution >= 0.6 is 0 Å². The fourth-order valence-corrected chi connectivity index (χ4v) is 3.03. The van der Waals surface area contributed by atoms with Gasteiger partial charge in [-0.05, 0) is 64.0 Å². The summed E-state index contributed by atoms with van der Waals surface area (Å²) in [5.41, 5.74) is -0.424. The Kier molecular flexibility index (Phi) is 4.83. The van der Waals surface area contributed by atoms with Gasteiger partial charge in [-0.25, -0.2) is 0 Å². The minimum Gasteiger partial charge on any atom is -0.389 e. The zero-order valence-electron chi connectivity index (χ0n) is 11.2. The summed E-state index contributed by atoms with van der Waals surface area (Å²) in [5, 5.41) is 17.5. The topological polar surface area (TPSA) is 44.3 Å². The average Bonchev–Trinajstić information content (AvgIpc) is 2.60. The number of rotatable bonds is 3. The number of hydrogen-bond acceptors (Lipinski definition) is 3. The van der Waals surface area contributed by atoms with Gasteiger partial charge in [0.1, 0.15) is 0 Å².